The van der Waals surface area contributed by atoms with Crippen LogP contribution in [-0.4, -0.2) is 51.3 Å². The van der Waals surface area contributed by atoms with Gasteiger partial charge in [-0.15, -0.1) is 13.2 Å². The molecule has 2 aliphatic rings. The van der Waals surface area contributed by atoms with E-state index in [9.17, 15) is 37.8 Å². The molecule has 2 fully saturated rings. The van der Waals surface area contributed by atoms with Gasteiger partial charge in [0.2, 0.25) is 11.8 Å². The maximum atomic E-state index is 13.5. The zero-order valence-corrected chi connectivity index (χ0v) is 19.3. The van der Waals surface area contributed by atoms with Crippen LogP contribution < -0.4 is 10.1 Å². The average Bonchev–Trinajstić information content (AvgIpc) is 3.27. The molecule has 0 spiro atoms. The average molecular weight is 506 g/mol. The van der Waals surface area contributed by atoms with E-state index in [0.717, 1.165) is 17.0 Å². The molecule has 2 aromatic rings. The summed E-state index contributed by atoms with van der Waals surface area (Å²) < 4.78 is 42.4. The maximum Gasteiger partial charge on any atom is 0.573 e. The van der Waals surface area contributed by atoms with Crippen LogP contribution in [-0.2, 0) is 20.8 Å². The molecule has 2 saturated heterocycles. The number of alkyl halides is 3. The van der Waals surface area contributed by atoms with Gasteiger partial charge >= 0.3 is 12.3 Å². The molecular formula is C25H25F3N2O6. The summed E-state index contributed by atoms with van der Waals surface area (Å²) in [5, 5.41) is 22.9. The first kappa shape index (κ1) is 25.5. The van der Waals surface area contributed by atoms with Crippen molar-refractivity contribution in [3.63, 3.8) is 0 Å². The first-order chi connectivity index (χ1) is 17.0. The fourth-order valence-electron chi connectivity index (χ4n) is 5.16. The van der Waals surface area contributed by atoms with Crippen molar-refractivity contribution in [1.29, 1.82) is 0 Å². The zero-order chi connectivity index (χ0) is 26.3. The number of phenols is 1. The van der Waals surface area contributed by atoms with Gasteiger partial charge in [0.05, 0.1) is 11.8 Å². The van der Waals surface area contributed by atoms with Crippen molar-refractivity contribution in [3.8, 4) is 11.5 Å². The number of phenolic OH excluding ortho intramolecular Hbond substituents is 1. The van der Waals surface area contributed by atoms with Gasteiger partial charge in [0, 0.05) is 19.0 Å². The number of imide groups is 1. The molecule has 36 heavy (non-hydrogen) atoms. The number of halogens is 3. The lowest BCUT2D eigenvalue weighted by Crippen LogP contribution is -2.57. The van der Waals surface area contributed by atoms with Crippen molar-refractivity contribution >= 4 is 17.8 Å². The van der Waals surface area contributed by atoms with Gasteiger partial charge in [-0.05, 0) is 41.8 Å². The molecule has 4 rings (SSSR count). The number of carboxylic acid groups (broad SMARTS) is 1. The normalized spacial score (nSPS) is 25.8. The Morgan fingerprint density at radius 2 is 1.83 bits per heavy atom. The van der Waals surface area contributed by atoms with Gasteiger partial charge in [-0.1, -0.05) is 37.6 Å². The molecule has 0 aromatic heterocycles. The number of nitrogens with one attached hydrogen (secondary N) is 1. The first-order valence-corrected chi connectivity index (χ1v) is 11.5. The van der Waals surface area contributed by atoms with Crippen LogP contribution >= 0.6 is 0 Å². The van der Waals surface area contributed by atoms with Crippen LogP contribution in [0.3, 0.4) is 0 Å². The third-order valence-electron chi connectivity index (χ3n) is 6.73. The fourth-order valence-corrected chi connectivity index (χ4v) is 5.16. The Bertz CT molecular complexity index is 1170. The summed E-state index contributed by atoms with van der Waals surface area (Å²) in [5.41, 5.74) is -1.23. The van der Waals surface area contributed by atoms with Crippen molar-refractivity contribution in [3.05, 3.63) is 59.7 Å². The van der Waals surface area contributed by atoms with Crippen molar-refractivity contribution in [2.45, 2.75) is 44.1 Å². The summed E-state index contributed by atoms with van der Waals surface area (Å²) in [6.07, 6.45) is -3.91. The Morgan fingerprint density at radius 3 is 2.44 bits per heavy atom. The van der Waals surface area contributed by atoms with Crippen LogP contribution in [0.2, 0.25) is 0 Å². The summed E-state index contributed by atoms with van der Waals surface area (Å²) in [7, 11) is 0. The molecule has 8 nitrogen and oxygen atoms in total. The largest absolute Gasteiger partial charge is 0.573 e. The highest BCUT2D eigenvalue weighted by Gasteiger charge is 2.68. The molecule has 2 amide bonds. The smallest absolute Gasteiger partial charge is 0.508 e. The van der Waals surface area contributed by atoms with Crippen molar-refractivity contribution in [1.82, 2.24) is 10.2 Å². The maximum absolute atomic E-state index is 13.5. The number of hydrogen-bond donors (Lipinski definition) is 3. The van der Waals surface area contributed by atoms with E-state index in [-0.39, 0.29) is 24.3 Å². The van der Waals surface area contributed by atoms with Gasteiger partial charge in [0.25, 0.3) is 0 Å². The minimum atomic E-state index is -4.94. The highest BCUT2D eigenvalue weighted by Crippen LogP contribution is 2.50. The van der Waals surface area contributed by atoms with E-state index in [4.69, 9.17) is 0 Å². The summed E-state index contributed by atoms with van der Waals surface area (Å²) in [6.45, 7) is 2.01. The zero-order valence-electron chi connectivity index (χ0n) is 19.3. The molecule has 3 N–H and O–H groups in total. The summed E-state index contributed by atoms with van der Waals surface area (Å²) in [4.78, 5) is 40.8. The first-order valence-electron chi connectivity index (χ1n) is 11.5. The molecule has 0 radical (unpaired) electrons. The topological polar surface area (TPSA) is 116 Å². The Kier molecular flexibility index (Phi) is 6.70. The van der Waals surface area contributed by atoms with Crippen molar-refractivity contribution < 1.29 is 42.5 Å². The highest BCUT2D eigenvalue weighted by atomic mass is 19.4. The molecule has 11 heteroatoms. The number of aromatic hydroxyl groups is 1. The van der Waals surface area contributed by atoms with E-state index >= 15 is 0 Å². The second-order valence-corrected chi connectivity index (χ2v) is 9.05. The van der Waals surface area contributed by atoms with Crippen LogP contribution in [0.1, 0.15) is 36.9 Å². The Morgan fingerprint density at radius 1 is 1.14 bits per heavy atom. The quantitative estimate of drug-likeness (QED) is 0.470. The minimum absolute atomic E-state index is 0.0300. The second-order valence-electron chi connectivity index (χ2n) is 9.05. The lowest BCUT2D eigenvalue weighted by Gasteiger charge is -2.31. The number of nitrogens with zero attached hydrogens (tertiary/aromatic N) is 1. The number of carboxylic acids is 1. The Hall–Kier alpha value is -3.60. The van der Waals surface area contributed by atoms with Gasteiger partial charge in [-0.2, -0.15) is 0 Å². The van der Waals surface area contributed by atoms with E-state index in [0.29, 0.717) is 18.4 Å². The van der Waals surface area contributed by atoms with Crippen LogP contribution in [0.4, 0.5) is 13.2 Å². The van der Waals surface area contributed by atoms with Gasteiger partial charge in [-0.25, -0.2) is 0 Å². The number of benzene rings is 2. The van der Waals surface area contributed by atoms with E-state index in [1.165, 1.54) is 36.4 Å². The molecule has 2 heterocycles. The third kappa shape index (κ3) is 4.62. The standard InChI is InChI=1S/C25H25F3N2O6/c1-2-3-11-30-21(32)18-19(22(30)33)24(23(34)35,13-14-7-9-16(31)10-8-14)29-20(18)15-5-4-6-17(12-15)36-25(26,27)28/h4-10,12,18-20,29,31H,2-3,11,13H2,1H3,(H,34,35). The van der Waals surface area contributed by atoms with Crippen LogP contribution in [0.5, 0.6) is 11.5 Å². The lowest BCUT2D eigenvalue weighted by atomic mass is 9.76. The molecule has 192 valence electrons. The molecular weight excluding hydrogens is 481 g/mol. The van der Waals surface area contributed by atoms with Crippen LogP contribution in [0.25, 0.3) is 0 Å². The monoisotopic (exact) mass is 506 g/mol. The number of aliphatic carboxylic acids is 1. The molecule has 0 aliphatic carbocycles. The number of ether oxygens (including phenoxy) is 1. The SMILES string of the molecule is CCCCN1C(=O)C2C(c3cccc(OC(F)(F)F)c3)NC(Cc3ccc(O)cc3)(C(=O)O)C2C1=O. The summed E-state index contributed by atoms with van der Waals surface area (Å²) in [6, 6.07) is 9.68. The van der Waals surface area contributed by atoms with E-state index in [2.05, 4.69) is 10.1 Å². The summed E-state index contributed by atoms with van der Waals surface area (Å²) >= 11 is 0. The molecule has 2 aromatic carbocycles. The van der Waals surface area contributed by atoms with Gasteiger partial charge in [0.1, 0.15) is 17.0 Å². The van der Waals surface area contributed by atoms with E-state index in [1.54, 1.807) is 0 Å². The number of likely N-dealkylation sites (tertiary alicyclic amines) is 1. The molecule has 0 saturated carbocycles. The van der Waals surface area contributed by atoms with Gasteiger partial charge in [0.15, 0.2) is 0 Å². The van der Waals surface area contributed by atoms with Crippen LogP contribution in [0.15, 0.2) is 48.5 Å². The number of hydrogen-bond acceptors (Lipinski definition) is 6. The second kappa shape index (κ2) is 9.45. The predicted molar refractivity (Wildman–Crippen MR) is 120 cm³/mol. The number of carbonyl (C=O) groups excluding carboxylic acids is 2. The van der Waals surface area contributed by atoms with Crippen LogP contribution in [0, 0.1) is 11.8 Å². The third-order valence-corrected chi connectivity index (χ3v) is 6.73. The Labute approximate surface area is 204 Å². The number of fused-ring (bicyclic) bond motifs is 1. The molecule has 0 bridgehead atoms. The molecule has 4 atom stereocenters. The van der Waals surface area contributed by atoms with Gasteiger partial charge < -0.3 is 14.9 Å². The fraction of sp³-hybridized carbons (Fsp3) is 0.400. The minimum Gasteiger partial charge on any atom is -0.508 e. The number of amides is 2. The van der Waals surface area contributed by atoms with E-state index in [1.807, 2.05) is 6.92 Å². The van der Waals surface area contributed by atoms with E-state index < -0.39 is 53.3 Å². The number of unbranched alkanes of at least 4 members (excludes halogenated alkanes) is 1. The highest BCUT2D eigenvalue weighted by molar-refractivity contribution is 6.09. The van der Waals surface area contributed by atoms with Crippen molar-refractivity contribution in [2.24, 2.45) is 11.8 Å². The Balaban J connectivity index is 1.80. The predicted octanol–water partition coefficient (Wildman–Crippen LogP) is 3.40. The number of rotatable bonds is 8. The van der Waals surface area contributed by atoms with Gasteiger partial charge in [-0.3, -0.25) is 24.6 Å². The van der Waals surface area contributed by atoms with Crippen molar-refractivity contribution in [2.75, 3.05) is 6.54 Å². The summed E-state index contributed by atoms with van der Waals surface area (Å²) in [5.74, 6) is -5.53. The molecule has 2 aliphatic heterocycles. The number of carbonyl (C=O) groups is 3. The lowest BCUT2D eigenvalue weighted by molar-refractivity contribution is -0.274. The molecule has 4 unspecified atom stereocenters.